The average Bonchev–Trinajstić information content (AvgIpc) is 3.40. The van der Waals surface area contributed by atoms with Gasteiger partial charge in [0.1, 0.15) is 5.01 Å². The van der Waals surface area contributed by atoms with Gasteiger partial charge in [0.15, 0.2) is 0 Å². The third kappa shape index (κ3) is 4.15. The molecule has 0 aliphatic carbocycles. The van der Waals surface area contributed by atoms with Crippen molar-refractivity contribution >= 4 is 34.4 Å². The van der Waals surface area contributed by atoms with Gasteiger partial charge in [-0.15, -0.1) is 27.8 Å². The van der Waals surface area contributed by atoms with Gasteiger partial charge in [0.25, 0.3) is 0 Å². The van der Waals surface area contributed by atoms with Crippen LogP contribution in [0.15, 0.2) is 58.4 Å². The third-order valence-corrected chi connectivity index (χ3v) is 6.44. The summed E-state index contributed by atoms with van der Waals surface area (Å²) in [5.74, 6) is 0.767. The molecular weight excluding hydrogens is 370 g/mol. The standard InChI is InChI=1S/C17H15N5S3/c1-2-5-13(6-3-1)16-18-14(11-24-16)12-25-17-19-20-21-22(17)9-8-15-7-4-10-23-15/h1-7,10-11H,8-9,12H2. The Kier molecular flexibility index (Phi) is 5.19. The second-order valence-electron chi connectivity index (χ2n) is 5.31. The number of hydrogen-bond acceptors (Lipinski definition) is 7. The van der Waals surface area contributed by atoms with E-state index < -0.39 is 0 Å². The highest BCUT2D eigenvalue weighted by molar-refractivity contribution is 7.98. The molecule has 0 radical (unpaired) electrons. The van der Waals surface area contributed by atoms with Gasteiger partial charge in [-0.25, -0.2) is 9.67 Å². The fourth-order valence-corrected chi connectivity index (χ4v) is 4.76. The Hall–Kier alpha value is -2.03. The van der Waals surface area contributed by atoms with Gasteiger partial charge in [-0.2, -0.15) is 0 Å². The van der Waals surface area contributed by atoms with Crippen LogP contribution in [0.1, 0.15) is 10.6 Å². The first-order chi connectivity index (χ1) is 12.4. The SMILES string of the molecule is c1ccc(-c2nc(CSc3nnnn3CCc3cccs3)cs2)cc1. The molecule has 3 heterocycles. The molecule has 0 amide bonds. The minimum atomic E-state index is 0.767. The topological polar surface area (TPSA) is 56.5 Å². The predicted molar refractivity (Wildman–Crippen MR) is 103 cm³/mol. The fraction of sp³-hybridized carbons (Fsp3) is 0.176. The quantitative estimate of drug-likeness (QED) is 0.442. The molecule has 0 aliphatic heterocycles. The van der Waals surface area contributed by atoms with Crippen LogP contribution >= 0.6 is 34.4 Å². The van der Waals surface area contributed by atoms with Crippen LogP contribution in [0.3, 0.4) is 0 Å². The number of thiophene rings is 1. The molecule has 8 heteroatoms. The van der Waals surface area contributed by atoms with Gasteiger partial charge in [-0.3, -0.25) is 0 Å². The Labute approximate surface area is 157 Å². The predicted octanol–water partition coefficient (Wildman–Crippen LogP) is 4.39. The van der Waals surface area contributed by atoms with E-state index >= 15 is 0 Å². The molecule has 25 heavy (non-hydrogen) atoms. The van der Waals surface area contributed by atoms with E-state index in [2.05, 4.69) is 50.6 Å². The van der Waals surface area contributed by atoms with Crippen LogP contribution in [-0.2, 0) is 18.7 Å². The van der Waals surface area contributed by atoms with Crippen LogP contribution in [0.4, 0.5) is 0 Å². The number of rotatable bonds is 7. The van der Waals surface area contributed by atoms with Gasteiger partial charge >= 0.3 is 0 Å². The Morgan fingerprint density at radius 1 is 1.04 bits per heavy atom. The van der Waals surface area contributed by atoms with E-state index in [0.29, 0.717) is 0 Å². The van der Waals surface area contributed by atoms with Crippen molar-refractivity contribution < 1.29 is 0 Å². The van der Waals surface area contributed by atoms with Gasteiger partial charge in [-0.1, -0.05) is 48.2 Å². The number of thiazole rings is 1. The molecule has 0 aliphatic rings. The van der Waals surface area contributed by atoms with Crippen molar-refractivity contribution in [2.24, 2.45) is 0 Å². The monoisotopic (exact) mass is 385 g/mol. The second-order valence-corrected chi connectivity index (χ2v) is 8.15. The van der Waals surface area contributed by atoms with Gasteiger partial charge in [0.2, 0.25) is 5.16 Å². The highest BCUT2D eigenvalue weighted by atomic mass is 32.2. The minimum Gasteiger partial charge on any atom is -0.240 e. The lowest BCUT2D eigenvalue weighted by atomic mass is 10.2. The Balaban J connectivity index is 1.37. The van der Waals surface area contributed by atoms with Crippen molar-refractivity contribution in [3.8, 4) is 10.6 Å². The summed E-state index contributed by atoms with van der Waals surface area (Å²) in [5, 5.41) is 18.1. The summed E-state index contributed by atoms with van der Waals surface area (Å²) < 4.78 is 1.87. The largest absolute Gasteiger partial charge is 0.240 e. The molecule has 3 aromatic heterocycles. The molecule has 1 aromatic carbocycles. The second kappa shape index (κ2) is 7.90. The van der Waals surface area contributed by atoms with E-state index in [9.17, 15) is 0 Å². The van der Waals surface area contributed by atoms with E-state index in [1.165, 1.54) is 4.88 Å². The van der Waals surface area contributed by atoms with E-state index in [1.54, 1.807) is 34.4 Å². The number of thioether (sulfide) groups is 1. The first kappa shape index (κ1) is 16.4. The average molecular weight is 386 g/mol. The van der Waals surface area contributed by atoms with Gasteiger partial charge in [-0.05, 0) is 21.9 Å². The van der Waals surface area contributed by atoms with Crippen molar-refractivity contribution in [1.29, 1.82) is 0 Å². The summed E-state index contributed by atoms with van der Waals surface area (Å²) in [7, 11) is 0. The third-order valence-electron chi connectivity index (χ3n) is 3.57. The summed E-state index contributed by atoms with van der Waals surface area (Å²) >= 11 is 5.06. The molecule has 0 spiro atoms. The van der Waals surface area contributed by atoms with E-state index in [-0.39, 0.29) is 0 Å². The summed E-state index contributed by atoms with van der Waals surface area (Å²) in [6, 6.07) is 14.5. The lowest BCUT2D eigenvalue weighted by Gasteiger charge is -2.02. The molecule has 0 saturated carbocycles. The molecule has 4 rings (SSSR count). The zero-order valence-corrected chi connectivity index (χ0v) is 15.7. The summed E-state index contributed by atoms with van der Waals surface area (Å²) in [6.07, 6.45) is 0.950. The summed E-state index contributed by atoms with van der Waals surface area (Å²) in [6.45, 7) is 0.794. The summed E-state index contributed by atoms with van der Waals surface area (Å²) in [5.41, 5.74) is 2.21. The van der Waals surface area contributed by atoms with Gasteiger partial charge in [0.05, 0.1) is 12.2 Å². The van der Waals surface area contributed by atoms with Crippen LogP contribution in [0, 0.1) is 0 Å². The van der Waals surface area contributed by atoms with Crippen LogP contribution in [0.5, 0.6) is 0 Å². The number of nitrogens with zero attached hydrogens (tertiary/aromatic N) is 5. The molecule has 0 fully saturated rings. The lowest BCUT2D eigenvalue weighted by Crippen LogP contribution is -2.04. The Morgan fingerprint density at radius 2 is 1.96 bits per heavy atom. The lowest BCUT2D eigenvalue weighted by molar-refractivity contribution is 0.550. The van der Waals surface area contributed by atoms with E-state index in [0.717, 1.165) is 40.1 Å². The normalized spacial score (nSPS) is 11.0. The Morgan fingerprint density at radius 3 is 2.80 bits per heavy atom. The molecule has 0 N–H and O–H groups in total. The molecule has 0 atom stereocenters. The minimum absolute atomic E-state index is 0.767. The molecule has 5 nitrogen and oxygen atoms in total. The van der Waals surface area contributed by atoms with Crippen molar-refractivity contribution in [1.82, 2.24) is 25.2 Å². The number of tetrazole rings is 1. The smallest absolute Gasteiger partial charge is 0.209 e. The van der Waals surface area contributed by atoms with Crippen LogP contribution < -0.4 is 0 Å². The van der Waals surface area contributed by atoms with Crippen LogP contribution in [-0.4, -0.2) is 25.2 Å². The van der Waals surface area contributed by atoms with Crippen molar-refractivity contribution in [2.75, 3.05) is 0 Å². The maximum absolute atomic E-state index is 4.72. The molecule has 126 valence electrons. The zero-order chi connectivity index (χ0) is 16.9. The molecular formula is C17H15N5S3. The van der Waals surface area contributed by atoms with Crippen molar-refractivity contribution in [3.05, 3.63) is 63.8 Å². The highest BCUT2D eigenvalue weighted by Gasteiger charge is 2.10. The highest BCUT2D eigenvalue weighted by Crippen LogP contribution is 2.27. The van der Waals surface area contributed by atoms with E-state index in [4.69, 9.17) is 4.98 Å². The first-order valence-electron chi connectivity index (χ1n) is 7.79. The van der Waals surface area contributed by atoms with Crippen molar-refractivity contribution in [3.63, 3.8) is 0 Å². The van der Waals surface area contributed by atoms with Gasteiger partial charge < -0.3 is 0 Å². The first-order valence-corrected chi connectivity index (χ1v) is 10.5. The number of benzene rings is 1. The number of hydrogen-bond donors (Lipinski definition) is 0. The molecule has 0 unspecified atom stereocenters. The maximum Gasteiger partial charge on any atom is 0.209 e. The Bertz CT molecular complexity index is 915. The maximum atomic E-state index is 4.72. The summed E-state index contributed by atoms with van der Waals surface area (Å²) in [4.78, 5) is 6.06. The van der Waals surface area contributed by atoms with Crippen molar-refractivity contribution in [2.45, 2.75) is 23.9 Å². The van der Waals surface area contributed by atoms with Crippen LogP contribution in [0.25, 0.3) is 10.6 Å². The number of aromatic nitrogens is 5. The van der Waals surface area contributed by atoms with E-state index in [1.807, 2.05) is 22.9 Å². The molecule has 0 bridgehead atoms. The molecule has 4 aromatic rings. The number of aryl methyl sites for hydroxylation is 2. The fourth-order valence-electron chi connectivity index (χ4n) is 2.34. The van der Waals surface area contributed by atoms with Gasteiger partial charge in [0, 0.05) is 28.0 Å². The molecule has 0 saturated heterocycles. The van der Waals surface area contributed by atoms with Crippen LogP contribution in [0.2, 0.25) is 0 Å². The zero-order valence-electron chi connectivity index (χ0n) is 13.3.